The molecule has 0 aromatic heterocycles. The molecule has 0 bridgehead atoms. The Labute approximate surface area is 117 Å². The van der Waals surface area contributed by atoms with E-state index in [0.29, 0.717) is 19.0 Å². The Morgan fingerprint density at radius 1 is 1.32 bits per heavy atom. The summed E-state index contributed by atoms with van der Waals surface area (Å²) < 4.78 is 4.79. The molecule has 0 unspecified atom stereocenters. The summed E-state index contributed by atoms with van der Waals surface area (Å²) >= 11 is 0. The minimum absolute atomic E-state index is 0.137. The zero-order valence-electron chi connectivity index (χ0n) is 12.4. The van der Waals surface area contributed by atoms with Crippen LogP contribution < -0.4 is 0 Å². The molecule has 1 N–H and O–H groups in total. The number of methoxy groups -OCH3 is 1. The second kappa shape index (κ2) is 9.32. The highest BCUT2D eigenvalue weighted by molar-refractivity contribution is 5.69. The Morgan fingerprint density at radius 3 is 2.68 bits per heavy atom. The van der Waals surface area contributed by atoms with Crippen molar-refractivity contribution in [2.24, 2.45) is 0 Å². The molecule has 0 aromatic rings. The number of piperidine rings is 1. The van der Waals surface area contributed by atoms with Crippen LogP contribution in [0.25, 0.3) is 0 Å². The normalized spacial score (nSPS) is 24.4. The molecule has 4 heteroatoms. The van der Waals surface area contributed by atoms with Gasteiger partial charge in [0, 0.05) is 18.6 Å². The van der Waals surface area contributed by atoms with Crippen molar-refractivity contribution in [1.29, 1.82) is 0 Å². The second-order valence-corrected chi connectivity index (χ2v) is 5.48. The number of likely N-dealkylation sites (tertiary alicyclic amines) is 1. The third kappa shape index (κ3) is 5.49. The number of esters is 1. The number of unbranched alkanes of at least 4 members (excludes halogenated alkanes) is 2. The van der Waals surface area contributed by atoms with Gasteiger partial charge in [0.2, 0.25) is 0 Å². The minimum Gasteiger partial charge on any atom is -0.469 e. The average Bonchev–Trinajstić information content (AvgIpc) is 2.42. The van der Waals surface area contributed by atoms with E-state index in [1.54, 1.807) is 0 Å². The molecule has 2 atom stereocenters. The first kappa shape index (κ1) is 16.4. The van der Waals surface area contributed by atoms with Gasteiger partial charge in [0.25, 0.3) is 0 Å². The predicted molar refractivity (Wildman–Crippen MR) is 76.0 cm³/mol. The van der Waals surface area contributed by atoms with Crippen LogP contribution in [0, 0.1) is 0 Å². The molecule has 0 aliphatic carbocycles. The smallest absolute Gasteiger partial charge is 0.307 e. The van der Waals surface area contributed by atoms with Crippen LogP contribution in [0.2, 0.25) is 0 Å². The lowest BCUT2D eigenvalue weighted by Crippen LogP contribution is -2.48. The topological polar surface area (TPSA) is 49.8 Å². The first-order valence-corrected chi connectivity index (χ1v) is 7.66. The number of carbonyl (C=O) groups excluding carboxylic acids is 1. The third-order valence-electron chi connectivity index (χ3n) is 4.14. The summed E-state index contributed by atoms with van der Waals surface area (Å²) in [6, 6.07) is 0.780. The Hall–Kier alpha value is -0.610. The molecule has 1 aliphatic rings. The summed E-state index contributed by atoms with van der Waals surface area (Å²) in [5.74, 6) is -0.137. The molecule has 1 fully saturated rings. The van der Waals surface area contributed by atoms with Crippen molar-refractivity contribution in [3.8, 4) is 0 Å². The molecule has 0 saturated carbocycles. The van der Waals surface area contributed by atoms with Crippen LogP contribution in [0.5, 0.6) is 0 Å². The molecular formula is C15H29NO3. The lowest BCUT2D eigenvalue weighted by Gasteiger charge is -2.41. The van der Waals surface area contributed by atoms with Crippen molar-refractivity contribution >= 4 is 5.97 Å². The van der Waals surface area contributed by atoms with Crippen molar-refractivity contribution in [3.05, 3.63) is 0 Å². The van der Waals surface area contributed by atoms with E-state index in [-0.39, 0.29) is 18.6 Å². The maximum Gasteiger partial charge on any atom is 0.307 e. The first-order valence-electron chi connectivity index (χ1n) is 7.66. The van der Waals surface area contributed by atoms with Crippen LogP contribution in [0.1, 0.15) is 58.3 Å². The van der Waals surface area contributed by atoms with E-state index in [1.165, 1.54) is 45.6 Å². The predicted octanol–water partition coefficient (Wildman–Crippen LogP) is 2.35. The van der Waals surface area contributed by atoms with Crippen molar-refractivity contribution < 1.29 is 14.6 Å². The second-order valence-electron chi connectivity index (χ2n) is 5.48. The standard InChI is InChI=1S/C15H29NO3/c1-3-4-5-7-13-8-6-9-14(12-15(18)19-2)16(13)10-11-17/h13-14,17H,3-12H2,1-2H3/t13-,14+/m1/s1. The molecule has 1 rings (SSSR count). The molecule has 1 aliphatic heterocycles. The van der Waals surface area contributed by atoms with Crippen molar-refractivity contribution in [3.63, 3.8) is 0 Å². The molecule has 19 heavy (non-hydrogen) atoms. The number of nitrogens with zero attached hydrogens (tertiary/aromatic N) is 1. The maximum atomic E-state index is 11.5. The van der Waals surface area contributed by atoms with Crippen LogP contribution in [0.15, 0.2) is 0 Å². The molecule has 0 amide bonds. The van der Waals surface area contributed by atoms with Gasteiger partial charge in [0.1, 0.15) is 0 Å². The molecule has 4 nitrogen and oxygen atoms in total. The third-order valence-corrected chi connectivity index (χ3v) is 4.14. The van der Waals surface area contributed by atoms with Crippen LogP contribution in [-0.4, -0.2) is 48.3 Å². The van der Waals surface area contributed by atoms with Crippen molar-refractivity contribution in [2.75, 3.05) is 20.3 Å². The van der Waals surface area contributed by atoms with Gasteiger partial charge in [-0.25, -0.2) is 0 Å². The maximum absolute atomic E-state index is 11.5. The van der Waals surface area contributed by atoms with E-state index >= 15 is 0 Å². The Bertz CT molecular complexity index is 258. The fraction of sp³-hybridized carbons (Fsp3) is 0.933. The highest BCUT2D eigenvalue weighted by Crippen LogP contribution is 2.28. The summed E-state index contributed by atoms with van der Waals surface area (Å²) in [6.45, 7) is 3.06. The van der Waals surface area contributed by atoms with Crippen molar-refractivity contribution in [2.45, 2.75) is 70.4 Å². The van der Waals surface area contributed by atoms with E-state index in [1.807, 2.05) is 0 Å². The fourth-order valence-corrected chi connectivity index (χ4v) is 3.13. The molecule has 0 aromatic carbocycles. The van der Waals surface area contributed by atoms with Gasteiger partial charge in [0.15, 0.2) is 0 Å². The summed E-state index contributed by atoms with van der Waals surface area (Å²) in [5, 5.41) is 9.26. The number of aliphatic hydroxyl groups excluding tert-OH is 1. The van der Waals surface area contributed by atoms with Gasteiger partial charge in [-0.2, -0.15) is 0 Å². The van der Waals surface area contributed by atoms with E-state index in [9.17, 15) is 9.90 Å². The number of hydrogen-bond acceptors (Lipinski definition) is 4. The zero-order chi connectivity index (χ0) is 14.1. The van der Waals surface area contributed by atoms with E-state index in [0.717, 1.165) is 6.42 Å². The van der Waals surface area contributed by atoms with Gasteiger partial charge in [-0.15, -0.1) is 0 Å². The lowest BCUT2D eigenvalue weighted by molar-refractivity contribution is -0.142. The van der Waals surface area contributed by atoms with Crippen LogP contribution in [-0.2, 0) is 9.53 Å². The summed E-state index contributed by atoms with van der Waals surface area (Å²) in [7, 11) is 1.44. The molecule has 112 valence electrons. The van der Waals surface area contributed by atoms with Gasteiger partial charge in [-0.05, 0) is 19.3 Å². The summed E-state index contributed by atoms with van der Waals surface area (Å²) in [5.41, 5.74) is 0. The Kier molecular flexibility index (Phi) is 8.07. The Balaban J connectivity index is 2.55. The van der Waals surface area contributed by atoms with Crippen LogP contribution in [0.4, 0.5) is 0 Å². The van der Waals surface area contributed by atoms with Gasteiger partial charge < -0.3 is 9.84 Å². The average molecular weight is 271 g/mol. The highest BCUT2D eigenvalue weighted by atomic mass is 16.5. The molecule has 0 spiro atoms. The number of β-amino-alcohol motifs (C(OH)–C–C–N with tert-alkyl or cyclic N) is 1. The summed E-state index contributed by atoms with van der Waals surface area (Å²) in [6.07, 6.45) is 8.81. The van der Waals surface area contributed by atoms with Gasteiger partial charge in [-0.1, -0.05) is 32.6 Å². The van der Waals surface area contributed by atoms with Crippen LogP contribution >= 0.6 is 0 Å². The Morgan fingerprint density at radius 2 is 2.05 bits per heavy atom. The molecule has 1 heterocycles. The number of ether oxygens (including phenoxy) is 1. The van der Waals surface area contributed by atoms with Gasteiger partial charge in [-0.3, -0.25) is 9.69 Å². The van der Waals surface area contributed by atoms with Gasteiger partial charge in [0.05, 0.1) is 20.1 Å². The first-order chi connectivity index (χ1) is 9.22. The monoisotopic (exact) mass is 271 g/mol. The quantitative estimate of drug-likeness (QED) is 0.544. The van der Waals surface area contributed by atoms with Crippen LogP contribution in [0.3, 0.4) is 0 Å². The lowest BCUT2D eigenvalue weighted by atomic mass is 9.90. The van der Waals surface area contributed by atoms with Gasteiger partial charge >= 0.3 is 5.97 Å². The molecule has 0 radical (unpaired) electrons. The van der Waals surface area contributed by atoms with E-state index in [2.05, 4.69) is 11.8 Å². The number of aliphatic hydroxyl groups is 1. The number of rotatable bonds is 8. The van der Waals surface area contributed by atoms with E-state index in [4.69, 9.17) is 4.74 Å². The number of hydrogen-bond donors (Lipinski definition) is 1. The highest BCUT2D eigenvalue weighted by Gasteiger charge is 2.31. The largest absolute Gasteiger partial charge is 0.469 e. The SMILES string of the molecule is CCCCC[C@@H]1CCC[C@@H](CC(=O)OC)N1CCO. The molecule has 1 saturated heterocycles. The summed E-state index contributed by atoms with van der Waals surface area (Å²) in [4.78, 5) is 13.8. The fourth-order valence-electron chi connectivity index (χ4n) is 3.13. The minimum atomic E-state index is -0.137. The van der Waals surface area contributed by atoms with E-state index < -0.39 is 0 Å². The number of carbonyl (C=O) groups is 1. The molecular weight excluding hydrogens is 242 g/mol. The van der Waals surface area contributed by atoms with Crippen molar-refractivity contribution in [1.82, 2.24) is 4.90 Å². The zero-order valence-corrected chi connectivity index (χ0v) is 12.4.